The van der Waals surface area contributed by atoms with Crippen LogP contribution in [0.2, 0.25) is 0 Å². The second-order valence-electron chi connectivity index (χ2n) is 2.88. The van der Waals surface area contributed by atoms with Crippen molar-refractivity contribution in [3.8, 4) is 0 Å². The second kappa shape index (κ2) is 14.0. The average Bonchev–Trinajstić information content (AvgIpc) is 2.04. The molecule has 14 heavy (non-hydrogen) atoms. The highest BCUT2D eigenvalue weighted by Crippen LogP contribution is 1.81. The summed E-state index contributed by atoms with van der Waals surface area (Å²) >= 11 is 0. The summed E-state index contributed by atoms with van der Waals surface area (Å²) in [6.45, 7) is 12.5. The van der Waals surface area contributed by atoms with Gasteiger partial charge in [0.1, 0.15) is 0 Å². The lowest BCUT2D eigenvalue weighted by Gasteiger charge is -1.79. The predicted octanol–water partition coefficient (Wildman–Crippen LogP) is 1.58. The fourth-order valence-electron chi connectivity index (χ4n) is 0. The molecule has 0 unspecified atom stereocenters. The molecule has 0 fully saturated rings. The number of carbonyl (C=O) groups is 2. The Morgan fingerprint density at radius 1 is 1.21 bits per heavy atom. The fraction of sp³-hybridized carbons (Fsp3) is 0.400. The van der Waals surface area contributed by atoms with Gasteiger partial charge < -0.3 is 10.8 Å². The molecule has 0 heterocycles. The van der Waals surface area contributed by atoms with Crippen LogP contribution in [0.1, 0.15) is 20.8 Å². The van der Waals surface area contributed by atoms with E-state index in [0.717, 1.165) is 18.1 Å². The van der Waals surface area contributed by atoms with Crippen LogP contribution in [0.3, 0.4) is 0 Å². The highest BCUT2D eigenvalue weighted by molar-refractivity contribution is 5.84. The van der Waals surface area contributed by atoms with E-state index in [-0.39, 0.29) is 0 Å². The van der Waals surface area contributed by atoms with Crippen molar-refractivity contribution in [3.63, 3.8) is 0 Å². The Bertz CT molecular complexity index is 165. The van der Waals surface area contributed by atoms with Crippen LogP contribution < -0.4 is 5.73 Å². The van der Waals surface area contributed by atoms with Crippen molar-refractivity contribution in [2.24, 2.45) is 11.7 Å². The number of primary amides is 1. The molecule has 0 aliphatic carbocycles. The minimum atomic E-state index is -0.981. The van der Waals surface area contributed by atoms with Crippen molar-refractivity contribution >= 4 is 11.9 Å². The van der Waals surface area contributed by atoms with Gasteiger partial charge in [0.05, 0.1) is 0 Å². The number of carboxylic acid groups (broad SMARTS) is 1. The Morgan fingerprint density at radius 3 is 1.36 bits per heavy atom. The third kappa shape index (κ3) is 158. The highest BCUT2D eigenvalue weighted by atomic mass is 16.4. The summed E-state index contributed by atoms with van der Waals surface area (Å²) in [5, 5.41) is 7.60. The summed E-state index contributed by atoms with van der Waals surface area (Å²) in [7, 11) is 0. The molecule has 4 nitrogen and oxygen atoms in total. The molecule has 0 bridgehead atoms. The first kappa shape index (κ1) is 18.3. The van der Waals surface area contributed by atoms with Gasteiger partial charge >= 0.3 is 5.97 Å². The molecule has 0 spiro atoms. The summed E-state index contributed by atoms with van der Waals surface area (Å²) < 4.78 is 0. The SMILES string of the molecule is C=CC(=O)O.C=CC(N)=O.CC(C)C. The average molecular weight is 201 g/mol. The van der Waals surface area contributed by atoms with Gasteiger partial charge in [-0.05, 0) is 12.0 Å². The minimum absolute atomic E-state index is 0.481. The van der Waals surface area contributed by atoms with Crippen LogP contribution in [-0.2, 0) is 9.59 Å². The third-order valence-corrected chi connectivity index (χ3v) is 0.376. The van der Waals surface area contributed by atoms with Gasteiger partial charge in [-0.15, -0.1) is 0 Å². The van der Waals surface area contributed by atoms with E-state index < -0.39 is 11.9 Å². The molecule has 0 aromatic carbocycles. The van der Waals surface area contributed by atoms with Crippen molar-refractivity contribution in [1.29, 1.82) is 0 Å². The van der Waals surface area contributed by atoms with Crippen molar-refractivity contribution in [1.82, 2.24) is 0 Å². The first-order valence-corrected chi connectivity index (χ1v) is 4.05. The Labute approximate surface area is 85.1 Å². The molecule has 0 saturated heterocycles. The maximum atomic E-state index is 9.47. The monoisotopic (exact) mass is 201 g/mol. The van der Waals surface area contributed by atoms with E-state index >= 15 is 0 Å². The molecule has 82 valence electrons. The van der Waals surface area contributed by atoms with Crippen molar-refractivity contribution in [2.75, 3.05) is 0 Å². The van der Waals surface area contributed by atoms with E-state index in [1.165, 1.54) is 0 Å². The second-order valence-corrected chi connectivity index (χ2v) is 2.88. The van der Waals surface area contributed by atoms with Gasteiger partial charge in [-0.3, -0.25) is 4.79 Å². The van der Waals surface area contributed by atoms with Crippen LogP contribution in [0, 0.1) is 5.92 Å². The van der Waals surface area contributed by atoms with Gasteiger partial charge in [-0.1, -0.05) is 33.9 Å². The van der Waals surface area contributed by atoms with Crippen LogP contribution in [0.4, 0.5) is 0 Å². The zero-order valence-corrected chi connectivity index (χ0v) is 8.99. The summed E-state index contributed by atoms with van der Waals surface area (Å²) in [4.78, 5) is 18.7. The smallest absolute Gasteiger partial charge is 0.327 e. The predicted molar refractivity (Wildman–Crippen MR) is 57.7 cm³/mol. The van der Waals surface area contributed by atoms with Gasteiger partial charge in [-0.2, -0.15) is 0 Å². The minimum Gasteiger partial charge on any atom is -0.478 e. The number of hydrogen-bond donors (Lipinski definition) is 2. The number of carboxylic acids is 1. The Hall–Kier alpha value is -1.58. The molecule has 3 N–H and O–H groups in total. The molecule has 0 radical (unpaired) electrons. The standard InChI is InChI=1S/C4H10.C3H5NO.C3H4O2/c1-4(2)3;2*1-2-3(4)5/h4H,1-3H3;2H,1H2,(H2,4,5);2H,1H2,(H,4,5). The van der Waals surface area contributed by atoms with E-state index in [4.69, 9.17) is 5.11 Å². The van der Waals surface area contributed by atoms with Crippen LogP contribution in [0.5, 0.6) is 0 Å². The zero-order valence-electron chi connectivity index (χ0n) is 8.99. The zero-order chi connectivity index (χ0) is 12.1. The first-order valence-electron chi connectivity index (χ1n) is 4.05. The van der Waals surface area contributed by atoms with Crippen LogP contribution in [-0.4, -0.2) is 17.0 Å². The molecule has 0 atom stereocenters. The number of nitrogens with two attached hydrogens (primary N) is 1. The summed E-state index contributed by atoms with van der Waals surface area (Å²) in [6, 6.07) is 0. The molecule has 0 aliphatic heterocycles. The lowest BCUT2D eigenvalue weighted by molar-refractivity contribution is -0.131. The van der Waals surface area contributed by atoms with Crippen LogP contribution in [0.25, 0.3) is 0 Å². The lowest BCUT2D eigenvalue weighted by atomic mass is 10.3. The van der Waals surface area contributed by atoms with E-state index in [0.29, 0.717) is 0 Å². The van der Waals surface area contributed by atoms with Crippen molar-refractivity contribution in [3.05, 3.63) is 25.3 Å². The molecule has 0 aromatic heterocycles. The van der Waals surface area contributed by atoms with E-state index in [2.05, 4.69) is 39.7 Å². The Balaban J connectivity index is -0.000000131. The molecule has 4 heteroatoms. The van der Waals surface area contributed by atoms with E-state index in [1.54, 1.807) is 0 Å². The Morgan fingerprint density at radius 2 is 1.36 bits per heavy atom. The fourth-order valence-corrected chi connectivity index (χ4v) is 0. The van der Waals surface area contributed by atoms with Gasteiger partial charge in [0.25, 0.3) is 0 Å². The molecule has 0 aromatic rings. The van der Waals surface area contributed by atoms with Gasteiger partial charge in [-0.25, -0.2) is 4.79 Å². The Kier molecular flexibility index (Phi) is 18.2. The highest BCUT2D eigenvalue weighted by Gasteiger charge is 1.73. The van der Waals surface area contributed by atoms with E-state index in [9.17, 15) is 9.59 Å². The summed E-state index contributed by atoms with van der Waals surface area (Å²) in [6.07, 6.45) is 1.89. The van der Waals surface area contributed by atoms with Crippen LogP contribution in [0.15, 0.2) is 25.3 Å². The number of amides is 1. The molecular formula is C10H19NO3. The van der Waals surface area contributed by atoms with Crippen LogP contribution >= 0.6 is 0 Å². The maximum Gasteiger partial charge on any atom is 0.327 e. The van der Waals surface area contributed by atoms with Crippen molar-refractivity contribution in [2.45, 2.75) is 20.8 Å². The summed E-state index contributed by atoms with van der Waals surface area (Å²) in [5.41, 5.74) is 4.53. The molecular weight excluding hydrogens is 182 g/mol. The number of rotatable bonds is 2. The third-order valence-electron chi connectivity index (χ3n) is 0.376. The topological polar surface area (TPSA) is 80.4 Å². The first-order chi connectivity index (χ1) is 6.27. The van der Waals surface area contributed by atoms with Gasteiger partial charge in [0.2, 0.25) is 5.91 Å². The number of hydrogen-bond acceptors (Lipinski definition) is 2. The lowest BCUT2D eigenvalue weighted by Crippen LogP contribution is -2.04. The number of aliphatic carboxylic acids is 1. The molecule has 0 rings (SSSR count). The quantitative estimate of drug-likeness (QED) is 0.665. The normalized spacial score (nSPS) is 7.14. The molecule has 0 saturated carbocycles. The summed E-state index contributed by atoms with van der Waals surface area (Å²) in [5.74, 6) is -0.630. The largest absolute Gasteiger partial charge is 0.478 e. The van der Waals surface area contributed by atoms with Gasteiger partial charge in [0, 0.05) is 6.08 Å². The van der Waals surface area contributed by atoms with Crippen molar-refractivity contribution < 1.29 is 14.7 Å². The molecule has 0 aliphatic rings. The molecule has 1 amide bonds. The van der Waals surface area contributed by atoms with E-state index in [1.807, 2.05) is 0 Å². The number of carbonyl (C=O) groups excluding carboxylic acids is 1. The maximum absolute atomic E-state index is 9.47. The van der Waals surface area contributed by atoms with Gasteiger partial charge in [0.15, 0.2) is 0 Å².